The molecule has 0 spiro atoms. The van der Waals surface area contributed by atoms with Gasteiger partial charge in [0.05, 0.1) is 5.52 Å². The van der Waals surface area contributed by atoms with E-state index in [1.165, 1.54) is 32.1 Å². The van der Waals surface area contributed by atoms with Crippen LogP contribution < -0.4 is 4.90 Å². The van der Waals surface area contributed by atoms with E-state index >= 15 is 0 Å². The summed E-state index contributed by atoms with van der Waals surface area (Å²) in [4.78, 5) is 14.7. The van der Waals surface area contributed by atoms with Gasteiger partial charge in [0.1, 0.15) is 11.6 Å². The quantitative estimate of drug-likeness (QED) is 0.821. The van der Waals surface area contributed by atoms with Crippen LogP contribution in [-0.2, 0) is 0 Å². The molecule has 1 saturated carbocycles. The second-order valence-corrected chi connectivity index (χ2v) is 7.63. The van der Waals surface area contributed by atoms with Crippen LogP contribution in [0.4, 0.5) is 5.82 Å². The third-order valence-corrected chi connectivity index (χ3v) is 5.66. The van der Waals surface area contributed by atoms with Crippen LogP contribution in [-0.4, -0.2) is 48.1 Å². The van der Waals surface area contributed by atoms with Crippen LogP contribution in [0.1, 0.15) is 43.8 Å². The van der Waals surface area contributed by atoms with Gasteiger partial charge in [0.15, 0.2) is 0 Å². The Labute approximate surface area is 148 Å². The van der Waals surface area contributed by atoms with E-state index < -0.39 is 0 Å². The average molecular weight is 345 g/mol. The first kappa shape index (κ1) is 16.1. The van der Waals surface area contributed by atoms with E-state index in [-0.39, 0.29) is 0 Å². The zero-order valence-corrected chi connectivity index (χ0v) is 15.1. The Bertz CT molecular complexity index is 719. The molecule has 0 radical (unpaired) electrons. The highest BCUT2D eigenvalue weighted by Crippen LogP contribution is 2.34. The van der Waals surface area contributed by atoms with Crippen LogP contribution in [0.3, 0.4) is 0 Å². The van der Waals surface area contributed by atoms with Crippen molar-refractivity contribution in [3.63, 3.8) is 0 Å². The molecule has 2 aromatic rings. The monoisotopic (exact) mass is 344 g/mol. The number of hydrogen-bond acceptors (Lipinski definition) is 4. The summed E-state index contributed by atoms with van der Waals surface area (Å²) in [6.45, 7) is 4.21. The highest BCUT2D eigenvalue weighted by atomic mass is 35.5. The van der Waals surface area contributed by atoms with Crippen molar-refractivity contribution in [3.05, 3.63) is 29.0 Å². The van der Waals surface area contributed by atoms with Crippen molar-refractivity contribution in [2.75, 3.05) is 38.1 Å². The molecular weight excluding hydrogens is 320 g/mol. The summed E-state index contributed by atoms with van der Waals surface area (Å²) in [5.74, 6) is 2.64. The maximum atomic E-state index is 6.23. The summed E-state index contributed by atoms with van der Waals surface area (Å²) < 4.78 is 0. The Morgan fingerprint density at radius 1 is 1.00 bits per heavy atom. The van der Waals surface area contributed by atoms with Gasteiger partial charge in [0, 0.05) is 42.5 Å². The van der Waals surface area contributed by atoms with Gasteiger partial charge in [-0.05, 0) is 38.1 Å². The van der Waals surface area contributed by atoms with Gasteiger partial charge >= 0.3 is 0 Å². The number of fused-ring (bicyclic) bond motifs is 1. The van der Waals surface area contributed by atoms with Crippen LogP contribution in [0, 0.1) is 0 Å². The molecule has 2 fully saturated rings. The molecule has 1 aromatic heterocycles. The van der Waals surface area contributed by atoms with Crippen molar-refractivity contribution < 1.29 is 0 Å². The minimum atomic E-state index is 0.508. The highest BCUT2D eigenvalue weighted by Gasteiger charge is 2.23. The summed E-state index contributed by atoms with van der Waals surface area (Å²) in [5, 5.41) is 1.88. The Morgan fingerprint density at radius 2 is 1.75 bits per heavy atom. The van der Waals surface area contributed by atoms with Gasteiger partial charge < -0.3 is 9.80 Å². The van der Waals surface area contributed by atoms with Gasteiger partial charge in [0.2, 0.25) is 0 Å². The number of nitrogens with zero attached hydrogens (tertiary/aromatic N) is 4. The standard InChI is InChI=1S/C19H25ClN4/c1-23-9-11-24(12-10-23)19-16-8-7-15(20)13-17(16)21-18(22-19)14-5-3-2-4-6-14/h7-8,13-14H,2-6,9-12H2,1H3. The van der Waals surface area contributed by atoms with E-state index in [0.717, 1.165) is 53.7 Å². The predicted molar refractivity (Wildman–Crippen MR) is 100 cm³/mol. The third kappa shape index (κ3) is 3.22. The molecule has 0 N–H and O–H groups in total. The largest absolute Gasteiger partial charge is 0.353 e. The number of rotatable bonds is 2. The molecule has 128 valence electrons. The van der Waals surface area contributed by atoms with E-state index in [2.05, 4.69) is 22.9 Å². The van der Waals surface area contributed by atoms with E-state index in [1.807, 2.05) is 12.1 Å². The van der Waals surface area contributed by atoms with Gasteiger partial charge in [-0.3, -0.25) is 0 Å². The van der Waals surface area contributed by atoms with Crippen LogP contribution in [0.2, 0.25) is 5.02 Å². The molecule has 1 saturated heterocycles. The summed E-state index contributed by atoms with van der Waals surface area (Å²) in [7, 11) is 2.18. The first-order valence-electron chi connectivity index (χ1n) is 9.11. The van der Waals surface area contributed by atoms with Crippen molar-refractivity contribution in [2.24, 2.45) is 0 Å². The lowest BCUT2D eigenvalue weighted by Gasteiger charge is -2.34. The maximum Gasteiger partial charge on any atom is 0.140 e. The summed E-state index contributed by atoms with van der Waals surface area (Å²) in [5.41, 5.74) is 0.993. The summed E-state index contributed by atoms with van der Waals surface area (Å²) in [6.07, 6.45) is 6.38. The SMILES string of the molecule is CN1CCN(c2nc(C3CCCCC3)nc3cc(Cl)ccc23)CC1. The number of piperazine rings is 1. The second kappa shape index (κ2) is 6.85. The number of hydrogen-bond donors (Lipinski definition) is 0. The zero-order valence-electron chi connectivity index (χ0n) is 14.3. The first-order valence-corrected chi connectivity index (χ1v) is 9.49. The number of anilines is 1. The lowest BCUT2D eigenvalue weighted by atomic mass is 9.88. The van der Waals surface area contributed by atoms with Crippen molar-refractivity contribution in [1.29, 1.82) is 0 Å². The molecule has 4 nitrogen and oxygen atoms in total. The number of aromatic nitrogens is 2. The molecular formula is C19H25ClN4. The number of benzene rings is 1. The Kier molecular flexibility index (Phi) is 4.59. The second-order valence-electron chi connectivity index (χ2n) is 7.19. The van der Waals surface area contributed by atoms with Gasteiger partial charge in [-0.25, -0.2) is 9.97 Å². The lowest BCUT2D eigenvalue weighted by Crippen LogP contribution is -2.45. The van der Waals surface area contributed by atoms with E-state index in [1.54, 1.807) is 0 Å². The maximum absolute atomic E-state index is 6.23. The Hall–Kier alpha value is -1.39. The van der Waals surface area contributed by atoms with E-state index in [0.29, 0.717) is 5.92 Å². The fourth-order valence-electron chi connectivity index (χ4n) is 3.91. The fourth-order valence-corrected chi connectivity index (χ4v) is 4.07. The molecule has 0 atom stereocenters. The van der Waals surface area contributed by atoms with Gasteiger partial charge in [-0.2, -0.15) is 0 Å². The van der Waals surface area contributed by atoms with Crippen LogP contribution >= 0.6 is 11.6 Å². The molecule has 4 rings (SSSR count). The van der Waals surface area contributed by atoms with Gasteiger partial charge in [-0.1, -0.05) is 30.9 Å². The summed E-state index contributed by atoms with van der Waals surface area (Å²) in [6, 6.07) is 6.02. The van der Waals surface area contributed by atoms with Crippen molar-refractivity contribution in [1.82, 2.24) is 14.9 Å². The fraction of sp³-hybridized carbons (Fsp3) is 0.579. The molecule has 2 heterocycles. The Balaban J connectivity index is 1.77. The van der Waals surface area contributed by atoms with Gasteiger partial charge in [0.25, 0.3) is 0 Å². The number of halogens is 1. The molecule has 2 aliphatic rings. The molecule has 1 aliphatic carbocycles. The van der Waals surface area contributed by atoms with E-state index in [4.69, 9.17) is 21.6 Å². The normalized spacial score (nSPS) is 20.7. The van der Waals surface area contributed by atoms with Crippen LogP contribution in [0.5, 0.6) is 0 Å². The molecule has 0 bridgehead atoms. The lowest BCUT2D eigenvalue weighted by molar-refractivity contribution is 0.312. The van der Waals surface area contributed by atoms with E-state index in [9.17, 15) is 0 Å². The predicted octanol–water partition coefficient (Wildman–Crippen LogP) is 4.08. The number of likely N-dealkylation sites (N-methyl/N-ethyl adjacent to an activating group) is 1. The average Bonchev–Trinajstić information content (AvgIpc) is 2.62. The minimum absolute atomic E-state index is 0.508. The van der Waals surface area contributed by atoms with Crippen molar-refractivity contribution >= 4 is 28.3 Å². The molecule has 5 heteroatoms. The highest BCUT2D eigenvalue weighted by molar-refractivity contribution is 6.31. The molecule has 0 amide bonds. The van der Waals surface area contributed by atoms with Crippen molar-refractivity contribution in [2.45, 2.75) is 38.0 Å². The zero-order chi connectivity index (χ0) is 16.5. The molecule has 1 aliphatic heterocycles. The molecule has 0 unspecified atom stereocenters. The summed E-state index contributed by atoms with van der Waals surface area (Å²) >= 11 is 6.23. The first-order chi connectivity index (χ1) is 11.7. The Morgan fingerprint density at radius 3 is 2.50 bits per heavy atom. The minimum Gasteiger partial charge on any atom is -0.353 e. The molecule has 24 heavy (non-hydrogen) atoms. The van der Waals surface area contributed by atoms with Gasteiger partial charge in [-0.15, -0.1) is 0 Å². The molecule has 1 aromatic carbocycles. The topological polar surface area (TPSA) is 32.3 Å². The third-order valence-electron chi connectivity index (χ3n) is 5.43. The van der Waals surface area contributed by atoms with Crippen molar-refractivity contribution in [3.8, 4) is 0 Å². The smallest absolute Gasteiger partial charge is 0.140 e. The van der Waals surface area contributed by atoms with Crippen LogP contribution in [0.15, 0.2) is 18.2 Å². The van der Waals surface area contributed by atoms with Crippen LogP contribution in [0.25, 0.3) is 10.9 Å².